The molecule has 0 spiro atoms. The molecule has 0 aliphatic carbocycles. The lowest BCUT2D eigenvalue weighted by atomic mass is 9.96. The molecule has 0 radical (unpaired) electrons. The van der Waals surface area contributed by atoms with Gasteiger partial charge in [0.1, 0.15) is 0 Å². The largest absolute Gasteiger partial charge is 0.460 e. The maximum atomic E-state index is 14.5. The van der Waals surface area contributed by atoms with Crippen molar-refractivity contribution in [2.24, 2.45) is 0 Å². The normalized spacial score (nSPS) is 13.0. The predicted molar refractivity (Wildman–Crippen MR) is 170 cm³/mol. The van der Waals surface area contributed by atoms with Gasteiger partial charge in [0.2, 0.25) is 0 Å². The van der Waals surface area contributed by atoms with Crippen LogP contribution >= 0.6 is 0 Å². The summed E-state index contributed by atoms with van der Waals surface area (Å²) >= 11 is 0. The Morgan fingerprint density at radius 3 is 1.45 bits per heavy atom. The fourth-order valence-corrected chi connectivity index (χ4v) is 5.98. The van der Waals surface area contributed by atoms with Gasteiger partial charge in [0.25, 0.3) is 0 Å². The van der Waals surface area contributed by atoms with Crippen LogP contribution < -0.4 is 4.18 Å². The second-order valence-corrected chi connectivity index (χ2v) is 12.6. The number of aromatic nitrogens is 3. The predicted octanol–water partition coefficient (Wildman–Crippen LogP) is 9.83. The van der Waals surface area contributed by atoms with Gasteiger partial charge >= 0.3 is 33.4 Å². The molecule has 51 heavy (non-hydrogen) atoms. The zero-order chi connectivity index (χ0) is 36.8. The Bertz CT molecular complexity index is 2280. The van der Waals surface area contributed by atoms with E-state index < -0.39 is 39.1 Å². The van der Waals surface area contributed by atoms with Crippen molar-refractivity contribution in [2.75, 3.05) is 0 Å². The maximum Gasteiger partial charge on any atom is 0.460 e. The summed E-state index contributed by atoms with van der Waals surface area (Å²) in [6.45, 7) is 0. The molecular formula is C35H20F9N3O3S. The van der Waals surface area contributed by atoms with Crippen LogP contribution in [0.3, 0.4) is 0 Å². The number of nitrogens with zero attached hydrogens (tertiary/aromatic N) is 3. The third-order valence-corrected chi connectivity index (χ3v) is 8.93. The SMILES string of the molecule is O=S(=O)(Oc1ccc(-c2cccc(-c3nc(-c4ccccc4)nc(-c4ccccc4)n3)c2)c2ccccc12)C(F)(F)C(F)(F)C(F)(F)C(F)(F)F. The quantitative estimate of drug-likeness (QED) is 0.109. The summed E-state index contributed by atoms with van der Waals surface area (Å²) < 4.78 is 150. The summed E-state index contributed by atoms with van der Waals surface area (Å²) in [5.74, 6) is -14.9. The summed E-state index contributed by atoms with van der Waals surface area (Å²) in [6.07, 6.45) is -7.22. The Hall–Kier alpha value is -5.51. The van der Waals surface area contributed by atoms with Gasteiger partial charge in [-0.3, -0.25) is 0 Å². The Morgan fingerprint density at radius 1 is 0.471 bits per heavy atom. The van der Waals surface area contributed by atoms with Gasteiger partial charge in [-0.2, -0.15) is 47.9 Å². The van der Waals surface area contributed by atoms with E-state index in [1.165, 1.54) is 24.3 Å². The van der Waals surface area contributed by atoms with E-state index in [0.29, 0.717) is 39.5 Å². The summed E-state index contributed by atoms with van der Waals surface area (Å²) in [5.41, 5.74) is 2.68. The van der Waals surface area contributed by atoms with Crippen LogP contribution in [-0.4, -0.2) is 46.6 Å². The highest BCUT2D eigenvalue weighted by molar-refractivity contribution is 7.88. The topological polar surface area (TPSA) is 82.0 Å². The van der Waals surface area contributed by atoms with E-state index in [-0.39, 0.29) is 16.6 Å². The molecule has 0 saturated carbocycles. The van der Waals surface area contributed by atoms with Crippen LogP contribution in [0, 0.1) is 0 Å². The van der Waals surface area contributed by atoms with Crippen LogP contribution in [0.5, 0.6) is 5.75 Å². The van der Waals surface area contributed by atoms with Gasteiger partial charge in [0, 0.05) is 22.1 Å². The summed E-state index contributed by atoms with van der Waals surface area (Å²) in [6, 6.07) is 32.1. The Labute approximate surface area is 283 Å². The van der Waals surface area contributed by atoms with Crippen LogP contribution in [0.4, 0.5) is 39.5 Å². The monoisotopic (exact) mass is 733 g/mol. The summed E-state index contributed by atoms with van der Waals surface area (Å²) in [5, 5.41) is -7.18. The first-order valence-corrected chi connectivity index (χ1v) is 16.0. The van der Waals surface area contributed by atoms with Gasteiger partial charge in [-0.05, 0) is 34.7 Å². The number of fused-ring (bicyclic) bond motifs is 1. The van der Waals surface area contributed by atoms with Gasteiger partial charge in [0.05, 0.1) is 0 Å². The minimum atomic E-state index is -7.44. The smallest absolute Gasteiger partial charge is 0.377 e. The molecule has 16 heteroatoms. The third-order valence-electron chi connectivity index (χ3n) is 7.64. The zero-order valence-electron chi connectivity index (χ0n) is 25.4. The van der Waals surface area contributed by atoms with E-state index in [1.54, 1.807) is 24.3 Å². The van der Waals surface area contributed by atoms with Crippen molar-refractivity contribution in [1.82, 2.24) is 15.0 Å². The molecule has 262 valence electrons. The molecule has 6 nitrogen and oxygen atoms in total. The molecule has 0 amide bonds. The number of alkyl halides is 9. The van der Waals surface area contributed by atoms with Crippen LogP contribution in [0.15, 0.2) is 121 Å². The van der Waals surface area contributed by atoms with Gasteiger partial charge in [-0.15, -0.1) is 0 Å². The highest BCUT2D eigenvalue weighted by Gasteiger charge is 2.86. The zero-order valence-corrected chi connectivity index (χ0v) is 26.2. The average molecular weight is 734 g/mol. The molecule has 1 aromatic heterocycles. The van der Waals surface area contributed by atoms with Crippen LogP contribution in [0.2, 0.25) is 0 Å². The molecule has 0 bridgehead atoms. The molecule has 0 unspecified atom stereocenters. The van der Waals surface area contributed by atoms with E-state index in [0.717, 1.165) is 12.1 Å². The number of benzene rings is 5. The highest BCUT2D eigenvalue weighted by Crippen LogP contribution is 2.55. The number of hydrogen-bond donors (Lipinski definition) is 0. The fraction of sp³-hybridized carbons (Fsp3) is 0.114. The van der Waals surface area contributed by atoms with E-state index >= 15 is 0 Å². The molecular weight excluding hydrogens is 713 g/mol. The van der Waals surface area contributed by atoms with Crippen molar-refractivity contribution >= 4 is 20.9 Å². The summed E-state index contributed by atoms with van der Waals surface area (Å²) in [7, 11) is -7.17. The second kappa shape index (κ2) is 12.7. The standard InChI is InChI=1S/C35H20F9N3O3S/c36-32(37,34(40,41)42)33(38,39)35(43,44)51(48,49)50-28-19-18-25(26-16-7-8-17-27(26)28)23-14-9-15-24(20-23)31-46-29(21-10-3-1-4-11-21)45-30(47-31)22-12-5-2-6-13-22/h1-20H. The van der Waals surface area contributed by atoms with Crippen molar-refractivity contribution in [1.29, 1.82) is 0 Å². The fourth-order valence-electron chi connectivity index (χ4n) is 5.05. The van der Waals surface area contributed by atoms with Gasteiger partial charge in [0.15, 0.2) is 23.2 Å². The first-order chi connectivity index (χ1) is 23.9. The van der Waals surface area contributed by atoms with Crippen molar-refractivity contribution in [3.63, 3.8) is 0 Å². The minimum Gasteiger partial charge on any atom is -0.377 e. The van der Waals surface area contributed by atoms with Crippen molar-refractivity contribution in [2.45, 2.75) is 23.3 Å². The minimum absolute atomic E-state index is 0.114. The van der Waals surface area contributed by atoms with E-state index in [4.69, 9.17) is 0 Å². The lowest BCUT2D eigenvalue weighted by molar-refractivity contribution is -0.382. The molecule has 0 N–H and O–H groups in total. The van der Waals surface area contributed by atoms with Crippen molar-refractivity contribution in [3.05, 3.63) is 121 Å². The Balaban J connectivity index is 1.42. The average Bonchev–Trinajstić information content (AvgIpc) is 3.11. The third kappa shape index (κ3) is 6.24. The highest BCUT2D eigenvalue weighted by atomic mass is 32.2. The maximum absolute atomic E-state index is 14.5. The summed E-state index contributed by atoms with van der Waals surface area (Å²) in [4.78, 5) is 14.0. The number of hydrogen-bond acceptors (Lipinski definition) is 6. The lowest BCUT2D eigenvalue weighted by Gasteiger charge is -2.32. The van der Waals surface area contributed by atoms with Crippen molar-refractivity contribution in [3.8, 4) is 51.0 Å². The van der Waals surface area contributed by atoms with Crippen LogP contribution in [0.1, 0.15) is 0 Å². The molecule has 0 atom stereocenters. The molecule has 6 aromatic rings. The molecule has 0 fully saturated rings. The molecule has 6 rings (SSSR count). The van der Waals surface area contributed by atoms with E-state index in [1.807, 2.05) is 60.7 Å². The van der Waals surface area contributed by atoms with Crippen LogP contribution in [-0.2, 0) is 10.1 Å². The molecule has 5 aromatic carbocycles. The van der Waals surface area contributed by atoms with E-state index in [2.05, 4.69) is 19.1 Å². The lowest BCUT2D eigenvalue weighted by Crippen LogP contribution is -2.63. The van der Waals surface area contributed by atoms with Gasteiger partial charge in [-0.25, -0.2) is 15.0 Å². The first kappa shape index (κ1) is 35.3. The first-order valence-electron chi connectivity index (χ1n) is 14.6. The number of halogens is 9. The molecule has 0 aliphatic rings. The van der Waals surface area contributed by atoms with Gasteiger partial charge < -0.3 is 4.18 Å². The number of rotatable bonds is 9. The molecule has 0 saturated heterocycles. The Kier molecular flexibility index (Phi) is 8.78. The van der Waals surface area contributed by atoms with Crippen LogP contribution in [0.25, 0.3) is 56.1 Å². The molecule has 1 heterocycles. The van der Waals surface area contributed by atoms with Gasteiger partial charge in [-0.1, -0.05) is 103 Å². The second-order valence-electron chi connectivity index (χ2n) is 11.0. The molecule has 0 aliphatic heterocycles. The van der Waals surface area contributed by atoms with E-state index in [9.17, 15) is 47.9 Å². The Morgan fingerprint density at radius 2 is 0.922 bits per heavy atom. The van der Waals surface area contributed by atoms with Crippen molar-refractivity contribution < 1.29 is 52.1 Å².